The van der Waals surface area contributed by atoms with Crippen LogP contribution >= 0.6 is 0 Å². The summed E-state index contributed by atoms with van der Waals surface area (Å²) >= 11 is 0. The fourth-order valence-electron chi connectivity index (χ4n) is 1.72. The average molecular weight is 242 g/mol. The molecule has 96 valence electrons. The van der Waals surface area contributed by atoms with Gasteiger partial charge in [0.1, 0.15) is 6.04 Å². The van der Waals surface area contributed by atoms with Crippen LogP contribution in [0.2, 0.25) is 0 Å². The summed E-state index contributed by atoms with van der Waals surface area (Å²) in [7, 11) is 0. The standard InChI is InChI=1S/C11H18N2O4/c1-3-12-8(11(16)17-4-2)7-13-9(14)5-6-10(13)15/h8,12H,3-7H2,1-2H3. The Labute approximate surface area is 100 Å². The number of esters is 1. The molecule has 1 N–H and O–H groups in total. The molecule has 6 nitrogen and oxygen atoms in total. The van der Waals surface area contributed by atoms with Gasteiger partial charge >= 0.3 is 5.97 Å². The highest BCUT2D eigenvalue weighted by molar-refractivity contribution is 6.02. The Kier molecular flexibility index (Phi) is 5.09. The monoisotopic (exact) mass is 242 g/mol. The summed E-state index contributed by atoms with van der Waals surface area (Å²) in [5, 5.41) is 2.91. The van der Waals surface area contributed by atoms with Crippen LogP contribution in [0.3, 0.4) is 0 Å². The van der Waals surface area contributed by atoms with E-state index in [9.17, 15) is 14.4 Å². The second-order valence-electron chi connectivity index (χ2n) is 3.76. The van der Waals surface area contributed by atoms with E-state index in [1.165, 1.54) is 0 Å². The quantitative estimate of drug-likeness (QED) is 0.510. The maximum atomic E-state index is 11.6. The van der Waals surface area contributed by atoms with Gasteiger partial charge in [0.25, 0.3) is 0 Å². The Balaban J connectivity index is 2.62. The van der Waals surface area contributed by atoms with Gasteiger partial charge in [-0.1, -0.05) is 6.92 Å². The lowest BCUT2D eigenvalue weighted by Crippen LogP contribution is -2.48. The van der Waals surface area contributed by atoms with Crippen LogP contribution in [0, 0.1) is 0 Å². The minimum atomic E-state index is -0.633. The molecule has 1 unspecified atom stereocenters. The van der Waals surface area contributed by atoms with Crippen LogP contribution in [0.15, 0.2) is 0 Å². The van der Waals surface area contributed by atoms with Crippen molar-refractivity contribution >= 4 is 17.8 Å². The molecular formula is C11H18N2O4. The van der Waals surface area contributed by atoms with Crippen molar-refractivity contribution in [2.24, 2.45) is 0 Å². The first-order valence-corrected chi connectivity index (χ1v) is 5.83. The Bertz CT molecular complexity index is 301. The lowest BCUT2D eigenvalue weighted by atomic mass is 10.2. The van der Waals surface area contributed by atoms with Crippen LogP contribution in [0.1, 0.15) is 26.7 Å². The van der Waals surface area contributed by atoms with Gasteiger partial charge < -0.3 is 10.1 Å². The van der Waals surface area contributed by atoms with Crippen molar-refractivity contribution in [3.05, 3.63) is 0 Å². The van der Waals surface area contributed by atoms with Crippen LogP contribution in [0.4, 0.5) is 0 Å². The van der Waals surface area contributed by atoms with E-state index in [0.29, 0.717) is 6.54 Å². The number of nitrogens with zero attached hydrogens (tertiary/aromatic N) is 1. The Hall–Kier alpha value is -1.43. The molecule has 2 amide bonds. The molecule has 0 saturated carbocycles. The van der Waals surface area contributed by atoms with Gasteiger partial charge in [0.15, 0.2) is 0 Å². The van der Waals surface area contributed by atoms with Crippen molar-refractivity contribution in [3.63, 3.8) is 0 Å². The molecule has 6 heteroatoms. The Morgan fingerprint density at radius 1 is 1.35 bits per heavy atom. The van der Waals surface area contributed by atoms with Gasteiger partial charge in [0.2, 0.25) is 11.8 Å². The zero-order valence-electron chi connectivity index (χ0n) is 10.2. The van der Waals surface area contributed by atoms with Crippen molar-refractivity contribution in [1.29, 1.82) is 0 Å². The topological polar surface area (TPSA) is 75.7 Å². The van der Waals surface area contributed by atoms with Gasteiger partial charge in [-0.3, -0.25) is 19.3 Å². The number of nitrogens with one attached hydrogen (secondary N) is 1. The second-order valence-corrected chi connectivity index (χ2v) is 3.76. The fraction of sp³-hybridized carbons (Fsp3) is 0.727. The van der Waals surface area contributed by atoms with Gasteiger partial charge in [-0.2, -0.15) is 0 Å². The van der Waals surface area contributed by atoms with Gasteiger partial charge in [0.05, 0.1) is 13.2 Å². The number of amides is 2. The first-order valence-electron chi connectivity index (χ1n) is 5.83. The minimum Gasteiger partial charge on any atom is -0.465 e. The molecule has 17 heavy (non-hydrogen) atoms. The summed E-state index contributed by atoms with van der Waals surface area (Å²) in [6, 6.07) is -0.633. The minimum absolute atomic E-state index is 0.0599. The van der Waals surface area contributed by atoms with Crippen molar-refractivity contribution < 1.29 is 19.1 Å². The maximum Gasteiger partial charge on any atom is 0.324 e. The molecule has 0 aromatic carbocycles. The normalized spacial score (nSPS) is 17.4. The highest BCUT2D eigenvalue weighted by Gasteiger charge is 2.33. The lowest BCUT2D eigenvalue weighted by molar-refractivity contribution is -0.147. The van der Waals surface area contributed by atoms with Crippen molar-refractivity contribution in [1.82, 2.24) is 10.2 Å². The molecule has 0 radical (unpaired) electrons. The predicted molar refractivity (Wildman–Crippen MR) is 60.1 cm³/mol. The Morgan fingerprint density at radius 3 is 2.41 bits per heavy atom. The molecule has 1 rings (SSSR count). The van der Waals surface area contributed by atoms with Crippen molar-refractivity contribution in [2.75, 3.05) is 19.7 Å². The summed E-state index contributed by atoms with van der Waals surface area (Å²) in [4.78, 5) is 35.6. The molecule has 1 aliphatic rings. The molecule has 1 fully saturated rings. The molecule has 0 aliphatic carbocycles. The summed E-state index contributed by atoms with van der Waals surface area (Å²) in [5.41, 5.74) is 0. The van der Waals surface area contributed by atoms with Crippen molar-refractivity contribution in [2.45, 2.75) is 32.7 Å². The van der Waals surface area contributed by atoms with E-state index >= 15 is 0 Å². The van der Waals surface area contributed by atoms with E-state index in [0.717, 1.165) is 4.90 Å². The molecule has 0 aromatic heterocycles. The van der Waals surface area contributed by atoms with Gasteiger partial charge in [0, 0.05) is 12.8 Å². The van der Waals surface area contributed by atoms with E-state index in [-0.39, 0.29) is 37.8 Å². The van der Waals surface area contributed by atoms with Crippen LogP contribution in [-0.2, 0) is 19.1 Å². The third-order valence-electron chi connectivity index (χ3n) is 2.54. The number of likely N-dealkylation sites (tertiary alicyclic amines) is 1. The summed E-state index contributed by atoms with van der Waals surface area (Å²) in [6.07, 6.45) is 0.473. The summed E-state index contributed by atoms with van der Waals surface area (Å²) in [6.45, 7) is 4.47. The largest absolute Gasteiger partial charge is 0.465 e. The average Bonchev–Trinajstić information content (AvgIpc) is 2.60. The predicted octanol–water partition coefficient (Wildman–Crippen LogP) is -0.323. The van der Waals surface area contributed by atoms with E-state index in [1.807, 2.05) is 6.92 Å². The first-order chi connectivity index (χ1) is 8.10. The number of hydrogen-bond acceptors (Lipinski definition) is 5. The number of carbonyl (C=O) groups excluding carboxylic acids is 3. The second kappa shape index (κ2) is 6.34. The van der Waals surface area contributed by atoms with Crippen LogP contribution in [-0.4, -0.2) is 48.4 Å². The number of rotatable bonds is 6. The highest BCUT2D eigenvalue weighted by Crippen LogP contribution is 2.12. The maximum absolute atomic E-state index is 11.6. The van der Waals surface area contributed by atoms with E-state index in [2.05, 4.69) is 5.32 Å². The van der Waals surface area contributed by atoms with Crippen LogP contribution in [0.5, 0.6) is 0 Å². The SMILES string of the molecule is CCNC(CN1C(=O)CCC1=O)C(=O)OCC. The number of hydrogen-bond donors (Lipinski definition) is 1. The number of likely N-dealkylation sites (N-methyl/N-ethyl adjacent to an activating group) is 1. The zero-order valence-corrected chi connectivity index (χ0v) is 10.2. The molecule has 0 aromatic rings. The summed E-state index contributed by atoms with van der Waals surface area (Å²) < 4.78 is 4.89. The lowest BCUT2D eigenvalue weighted by Gasteiger charge is -2.21. The molecule has 1 atom stereocenters. The van der Waals surface area contributed by atoms with Gasteiger partial charge in [-0.15, -0.1) is 0 Å². The zero-order chi connectivity index (χ0) is 12.8. The van der Waals surface area contributed by atoms with E-state index in [1.54, 1.807) is 6.92 Å². The van der Waals surface area contributed by atoms with Crippen LogP contribution in [0.25, 0.3) is 0 Å². The highest BCUT2D eigenvalue weighted by atomic mass is 16.5. The molecule has 0 spiro atoms. The summed E-state index contributed by atoms with van der Waals surface area (Å²) in [5.74, 6) is -0.869. The molecule has 1 saturated heterocycles. The molecule has 0 bridgehead atoms. The third-order valence-corrected chi connectivity index (χ3v) is 2.54. The smallest absolute Gasteiger partial charge is 0.324 e. The third kappa shape index (κ3) is 3.52. The molecular weight excluding hydrogens is 224 g/mol. The van der Waals surface area contributed by atoms with E-state index in [4.69, 9.17) is 4.74 Å². The number of carbonyl (C=O) groups is 3. The molecule has 1 heterocycles. The molecule has 1 aliphatic heterocycles. The van der Waals surface area contributed by atoms with Crippen LogP contribution < -0.4 is 5.32 Å². The Morgan fingerprint density at radius 2 is 1.94 bits per heavy atom. The fourth-order valence-corrected chi connectivity index (χ4v) is 1.72. The van der Waals surface area contributed by atoms with Crippen molar-refractivity contribution in [3.8, 4) is 0 Å². The van der Waals surface area contributed by atoms with Gasteiger partial charge in [-0.05, 0) is 13.5 Å². The number of ether oxygens (including phenoxy) is 1. The van der Waals surface area contributed by atoms with E-state index < -0.39 is 12.0 Å². The van der Waals surface area contributed by atoms with Gasteiger partial charge in [-0.25, -0.2) is 0 Å². The number of imide groups is 1. The first kappa shape index (κ1) is 13.6.